The number of alkyl carbamates (subject to hydrolysis) is 1. The van der Waals surface area contributed by atoms with E-state index in [0.29, 0.717) is 11.4 Å². The Bertz CT molecular complexity index is 630. The summed E-state index contributed by atoms with van der Waals surface area (Å²) in [5, 5.41) is 10.7. The van der Waals surface area contributed by atoms with E-state index in [1.165, 1.54) is 6.92 Å². The van der Waals surface area contributed by atoms with E-state index in [9.17, 15) is 35.9 Å². The molecule has 0 fully saturated rings. The molecule has 0 saturated heterocycles. The van der Waals surface area contributed by atoms with Crippen molar-refractivity contribution in [2.24, 2.45) is 0 Å². The van der Waals surface area contributed by atoms with Gasteiger partial charge in [0.05, 0.1) is 17.9 Å². The van der Waals surface area contributed by atoms with Crippen molar-refractivity contribution in [2.45, 2.75) is 24.9 Å². The highest BCUT2D eigenvalue weighted by atomic mass is 19.4. The molecule has 0 unspecified atom stereocenters. The fraction of sp³-hybridized carbons (Fsp3) is 0.385. The molecule has 12 heteroatoms. The van der Waals surface area contributed by atoms with Crippen molar-refractivity contribution in [1.29, 1.82) is 0 Å². The molecule has 0 atom stereocenters. The molecule has 6 nitrogen and oxygen atoms in total. The Hall–Kier alpha value is -2.66. The Morgan fingerprint density at radius 2 is 1.60 bits per heavy atom. The van der Waals surface area contributed by atoms with Crippen LogP contribution < -0.4 is 10.6 Å². The number of carboxylic acid groups (broad SMARTS) is 1. The van der Waals surface area contributed by atoms with Gasteiger partial charge in [0.1, 0.15) is 0 Å². The van der Waals surface area contributed by atoms with Gasteiger partial charge < -0.3 is 15.2 Å². The van der Waals surface area contributed by atoms with E-state index < -0.39 is 47.9 Å². The first kappa shape index (κ1) is 20.4. The van der Waals surface area contributed by atoms with Crippen LogP contribution in [-0.2, 0) is 4.74 Å². The van der Waals surface area contributed by atoms with Gasteiger partial charge in [-0.15, -0.1) is 0 Å². The summed E-state index contributed by atoms with van der Waals surface area (Å²) in [4.78, 5) is 22.3. The minimum absolute atomic E-state index is 0.483. The average molecular weight is 374 g/mol. The van der Waals surface area contributed by atoms with Gasteiger partial charge in [-0.25, -0.2) is 9.59 Å². The Balaban J connectivity index is 3.51. The van der Waals surface area contributed by atoms with Gasteiger partial charge >= 0.3 is 30.1 Å². The summed E-state index contributed by atoms with van der Waals surface area (Å²) in [6.45, 7) is 0.693. The minimum Gasteiger partial charge on any atom is -0.478 e. The molecule has 1 rings (SSSR count). The van der Waals surface area contributed by atoms with E-state index in [1.807, 2.05) is 0 Å². The van der Waals surface area contributed by atoms with Gasteiger partial charge in [-0.3, -0.25) is 5.32 Å². The monoisotopic (exact) mass is 374 g/mol. The second-order valence-corrected chi connectivity index (χ2v) is 4.57. The zero-order valence-electron chi connectivity index (χ0n) is 12.5. The molecule has 0 aliphatic heterocycles. The molecular weight excluding hydrogens is 362 g/mol. The second-order valence-electron chi connectivity index (χ2n) is 4.57. The molecule has 0 spiro atoms. The van der Waals surface area contributed by atoms with E-state index in [2.05, 4.69) is 4.74 Å². The van der Waals surface area contributed by atoms with Crippen LogP contribution in [0.25, 0.3) is 0 Å². The van der Waals surface area contributed by atoms with Crippen LogP contribution in [0, 0.1) is 0 Å². The first-order valence-corrected chi connectivity index (χ1v) is 6.54. The number of aromatic carboxylic acids is 1. The number of ether oxygens (including phenoxy) is 1. The normalized spacial score (nSPS) is 12.4. The fourth-order valence-corrected chi connectivity index (χ4v) is 1.78. The molecule has 1 aromatic carbocycles. The van der Waals surface area contributed by atoms with Gasteiger partial charge in [-0.1, -0.05) is 12.1 Å². The first-order valence-electron chi connectivity index (χ1n) is 6.54. The second kappa shape index (κ2) is 7.07. The summed E-state index contributed by atoms with van der Waals surface area (Å²) < 4.78 is 83.8. The van der Waals surface area contributed by atoms with Gasteiger partial charge in [0.25, 0.3) is 0 Å². The van der Waals surface area contributed by atoms with E-state index in [-0.39, 0.29) is 0 Å². The minimum atomic E-state index is -6.08. The number of hydrogen-bond acceptors (Lipinski definition) is 4. The zero-order valence-corrected chi connectivity index (χ0v) is 12.5. The molecule has 0 radical (unpaired) electrons. The summed E-state index contributed by atoms with van der Waals surface area (Å²) >= 11 is 0. The first-order chi connectivity index (χ1) is 11.4. The molecule has 1 amide bonds. The number of carbonyl (C=O) groups excluding carboxylic acids is 1. The highest BCUT2D eigenvalue weighted by Gasteiger charge is 2.73. The Morgan fingerprint density at radius 3 is 2.04 bits per heavy atom. The number of carboxylic acids is 1. The molecule has 3 N–H and O–H groups in total. The maximum absolute atomic E-state index is 13.3. The number of anilines is 1. The van der Waals surface area contributed by atoms with Crippen LogP contribution in [0.1, 0.15) is 17.3 Å². The van der Waals surface area contributed by atoms with Crippen LogP contribution in [0.5, 0.6) is 0 Å². The average Bonchev–Trinajstić information content (AvgIpc) is 2.44. The lowest BCUT2D eigenvalue weighted by Gasteiger charge is -2.38. The quantitative estimate of drug-likeness (QED) is 0.543. The Morgan fingerprint density at radius 1 is 1.08 bits per heavy atom. The van der Waals surface area contributed by atoms with Gasteiger partial charge in [0.2, 0.25) is 0 Å². The SMILES string of the molecule is CCOC(=O)NC(Nc1ccccc1C(=O)O)(C(F)(F)F)C(F)(F)F. The van der Waals surface area contributed by atoms with Gasteiger partial charge in [-0.2, -0.15) is 26.3 Å². The molecule has 140 valence electrons. The Labute approximate surface area is 136 Å². The van der Waals surface area contributed by atoms with Crippen molar-refractivity contribution in [1.82, 2.24) is 5.32 Å². The number of halogens is 6. The molecule has 0 aromatic heterocycles. The number of rotatable bonds is 5. The molecule has 0 heterocycles. The fourth-order valence-electron chi connectivity index (χ4n) is 1.78. The number of hydrogen-bond donors (Lipinski definition) is 3. The van der Waals surface area contributed by atoms with Crippen molar-refractivity contribution in [3.63, 3.8) is 0 Å². The van der Waals surface area contributed by atoms with Crippen molar-refractivity contribution in [3.05, 3.63) is 29.8 Å². The third kappa shape index (κ3) is 4.25. The predicted molar refractivity (Wildman–Crippen MR) is 72.0 cm³/mol. The highest BCUT2D eigenvalue weighted by Crippen LogP contribution is 2.44. The molecule has 1 aromatic rings. The van der Waals surface area contributed by atoms with Gasteiger partial charge in [0, 0.05) is 0 Å². The van der Waals surface area contributed by atoms with Gasteiger partial charge in [-0.05, 0) is 19.1 Å². The number of carbonyl (C=O) groups is 2. The van der Waals surface area contributed by atoms with E-state index in [0.717, 1.165) is 23.5 Å². The largest absolute Gasteiger partial charge is 0.478 e. The number of alkyl halides is 6. The van der Waals surface area contributed by atoms with Crippen molar-refractivity contribution >= 4 is 17.7 Å². The summed E-state index contributed by atoms with van der Waals surface area (Å²) in [7, 11) is 0. The topological polar surface area (TPSA) is 87.7 Å². The van der Waals surface area contributed by atoms with Crippen LogP contribution in [0.15, 0.2) is 24.3 Å². The zero-order chi connectivity index (χ0) is 19.5. The van der Waals surface area contributed by atoms with E-state index in [4.69, 9.17) is 5.11 Å². The molecule has 0 bridgehead atoms. The number of nitrogens with one attached hydrogen (secondary N) is 2. The standard InChI is InChI=1S/C13H12F6N2O4/c1-2-25-10(24)21-11(12(14,15)16,13(17,18)19)20-8-6-4-3-5-7(8)9(22)23/h3-6,20H,2H2,1H3,(H,21,24)(H,22,23). The summed E-state index contributed by atoms with van der Waals surface area (Å²) in [6, 6.07) is 3.63. The maximum Gasteiger partial charge on any atom is 0.439 e. The predicted octanol–water partition coefficient (Wildman–Crippen LogP) is 3.36. The summed E-state index contributed by atoms with van der Waals surface area (Å²) in [6.07, 6.45) is -14.1. The third-order valence-corrected chi connectivity index (χ3v) is 2.90. The summed E-state index contributed by atoms with van der Waals surface area (Å²) in [5.41, 5.74) is -6.81. The van der Waals surface area contributed by atoms with Crippen LogP contribution in [0.2, 0.25) is 0 Å². The van der Waals surface area contributed by atoms with E-state index in [1.54, 1.807) is 0 Å². The lowest BCUT2D eigenvalue weighted by molar-refractivity contribution is -0.294. The lowest BCUT2D eigenvalue weighted by Crippen LogP contribution is -2.72. The van der Waals surface area contributed by atoms with Crippen LogP contribution in [-0.4, -0.2) is 41.8 Å². The number of amides is 1. The lowest BCUT2D eigenvalue weighted by atomic mass is 10.1. The van der Waals surface area contributed by atoms with Crippen LogP contribution >= 0.6 is 0 Å². The van der Waals surface area contributed by atoms with Crippen molar-refractivity contribution < 1.29 is 45.8 Å². The van der Waals surface area contributed by atoms with Crippen LogP contribution in [0.4, 0.5) is 36.8 Å². The molecule has 0 aliphatic carbocycles. The maximum atomic E-state index is 13.3. The number of para-hydroxylation sites is 1. The highest BCUT2D eigenvalue weighted by molar-refractivity contribution is 5.94. The van der Waals surface area contributed by atoms with Crippen molar-refractivity contribution in [2.75, 3.05) is 11.9 Å². The molecule has 0 aliphatic rings. The van der Waals surface area contributed by atoms with Crippen molar-refractivity contribution in [3.8, 4) is 0 Å². The smallest absolute Gasteiger partial charge is 0.439 e. The molecular formula is C13H12F6N2O4. The van der Waals surface area contributed by atoms with E-state index >= 15 is 0 Å². The Kier molecular flexibility index (Phi) is 5.76. The summed E-state index contributed by atoms with van der Waals surface area (Å²) in [5.74, 6) is -1.77. The van der Waals surface area contributed by atoms with Crippen LogP contribution in [0.3, 0.4) is 0 Å². The molecule has 0 saturated carbocycles. The number of benzene rings is 1. The van der Waals surface area contributed by atoms with Gasteiger partial charge in [0.15, 0.2) is 0 Å². The third-order valence-electron chi connectivity index (χ3n) is 2.90. The molecule has 25 heavy (non-hydrogen) atoms.